The summed E-state index contributed by atoms with van der Waals surface area (Å²) in [6.45, 7) is 14.2. The third kappa shape index (κ3) is 22.3. The Labute approximate surface area is 489 Å². The maximum Gasteiger partial charge on any atom is 0.307 e. The summed E-state index contributed by atoms with van der Waals surface area (Å²) in [4.78, 5) is 115. The lowest BCUT2D eigenvalue weighted by Gasteiger charge is -2.45. The number of hydrogen-bond acceptors (Lipinski definition) is 16. The lowest BCUT2D eigenvalue weighted by Crippen LogP contribution is -2.53. The summed E-state index contributed by atoms with van der Waals surface area (Å²) in [6.07, 6.45) is -1.23. The van der Waals surface area contributed by atoms with E-state index in [0.717, 1.165) is 0 Å². The van der Waals surface area contributed by atoms with Crippen LogP contribution in [-0.2, 0) is 60.7 Å². The summed E-state index contributed by atoms with van der Waals surface area (Å²) in [5.41, 5.74) is 3.30. The number of phenols is 4. The number of hydrogen-bond donors (Lipinski definition) is 13. The molecule has 13 N–H and O–H groups in total. The molecule has 0 aromatic heterocycles. The molecule has 0 saturated heterocycles. The first kappa shape index (κ1) is 72.7. The Balaban J connectivity index is 2.85. The summed E-state index contributed by atoms with van der Waals surface area (Å²) in [7, 11) is 0. The number of carbonyl (C=O) groups is 8. The van der Waals surface area contributed by atoms with Gasteiger partial charge in [-0.15, -0.1) is 0 Å². The zero-order valence-electron chi connectivity index (χ0n) is 49.8. The van der Waals surface area contributed by atoms with E-state index in [9.17, 15) is 79.5 Å². The maximum absolute atomic E-state index is 15.0. The van der Waals surface area contributed by atoms with E-state index in [0.29, 0.717) is 11.1 Å². The molecule has 84 heavy (non-hydrogen) atoms. The smallest absolute Gasteiger partial charge is 0.307 e. The topological polar surface area (TPSA) is 434 Å². The van der Waals surface area contributed by atoms with Crippen LogP contribution in [0, 0.1) is 69.0 Å². The molecule has 0 aliphatic rings. The number of aliphatic carboxylic acids is 4. The van der Waals surface area contributed by atoms with Gasteiger partial charge in [-0.2, -0.15) is 0 Å². The Hall–Kier alpha value is -7.41. The number of benzene rings is 2. The Kier molecular flexibility index (Phi) is 28.7. The van der Waals surface area contributed by atoms with Gasteiger partial charge in [0.25, 0.3) is 0 Å². The highest BCUT2D eigenvalue weighted by molar-refractivity contribution is 5.89. The molecule has 0 fully saturated rings. The van der Waals surface area contributed by atoms with E-state index in [1.807, 2.05) is 0 Å². The van der Waals surface area contributed by atoms with Crippen LogP contribution in [0.15, 0.2) is 41.5 Å². The first-order chi connectivity index (χ1) is 39.1. The van der Waals surface area contributed by atoms with Crippen LogP contribution in [0.5, 0.6) is 23.0 Å². The Morgan fingerprint density at radius 3 is 1.35 bits per heavy atom. The van der Waals surface area contributed by atoms with E-state index in [1.165, 1.54) is 84.9 Å². The van der Waals surface area contributed by atoms with Crippen molar-refractivity contribution in [3.63, 3.8) is 0 Å². The third-order valence-corrected chi connectivity index (χ3v) is 15.3. The molecule has 0 heterocycles. The first-order valence-corrected chi connectivity index (χ1v) is 27.9. The summed E-state index contributed by atoms with van der Waals surface area (Å²) in [5, 5.41) is 108. The highest BCUT2D eigenvalue weighted by Gasteiger charge is 2.55. The van der Waals surface area contributed by atoms with Gasteiger partial charge in [-0.05, 0) is 101 Å². The van der Waals surface area contributed by atoms with Crippen molar-refractivity contribution in [3.05, 3.63) is 58.0 Å². The molecule has 0 aliphatic carbocycles. The Morgan fingerprint density at radius 2 is 0.917 bits per heavy atom. The molecule has 26 nitrogen and oxygen atoms in total. The predicted octanol–water partition coefficient (Wildman–Crippen LogP) is 5.07. The fourth-order valence-electron chi connectivity index (χ4n) is 11.5. The number of carboxylic acids is 4. The van der Waals surface area contributed by atoms with Gasteiger partial charge in [0, 0.05) is 56.8 Å². The van der Waals surface area contributed by atoms with E-state index in [2.05, 4.69) is 31.3 Å². The van der Waals surface area contributed by atoms with Crippen molar-refractivity contribution >= 4 is 47.5 Å². The van der Waals surface area contributed by atoms with E-state index in [-0.39, 0.29) is 96.5 Å². The van der Waals surface area contributed by atoms with E-state index < -0.39 is 147 Å². The monoisotopic (exact) mass is 1190 g/mol. The molecule has 0 radical (unpaired) electrons. The van der Waals surface area contributed by atoms with Crippen molar-refractivity contribution in [2.24, 2.45) is 74.1 Å². The standard InChI is InChI=1S/C58H89N7O19/c1-33(47(71)62-20-26-84-27-22-64-65-59)43(53(79)80)56(5,6)32-38(52(77)78)45(50(74)61-19-17-35-13-15-40(68)42(70)29-35)57(7,8)30-36(48(72)63-21-25-83-24-11-23-66)46(54(81)82)58(9,10)31-37(51(75)76)44(55(2,3)4)49(73)60-18-16-34-12-14-39(67)41(69)28-34/h12-15,28-29,33,36-38,43-46,66-70H,11,16-27,30-32H2,1-10H3,(H,60,73)(H,61,74)(H,62,71)(H,63,72)(H,75,76)(H,77,78)(H,79,80)(H,81,82). The second-order valence-corrected chi connectivity index (χ2v) is 24.4. The van der Waals surface area contributed by atoms with Gasteiger partial charge in [0.05, 0.1) is 61.2 Å². The number of nitrogens with one attached hydrogen (secondary N) is 4. The lowest BCUT2D eigenvalue weighted by atomic mass is 9.57. The SMILES string of the molecule is CC(C(=O)NCCOCCN=[N+]=[N-])C(C(=O)O)C(C)(C)CC(C(=O)O)C(C(=O)NCCc1ccc(O)c(O)c1)C(C)(C)CC(C(=O)NCCOCCCO)C(C(=O)O)C(C)(C)CC(C(=O)O)C(C(=O)NCCc1ccc(O)c(O)c1)C(C)(C)C. The van der Waals surface area contributed by atoms with Crippen molar-refractivity contribution in [2.75, 3.05) is 65.8 Å². The Bertz CT molecular complexity index is 2610. The van der Waals surface area contributed by atoms with Crippen molar-refractivity contribution in [1.29, 1.82) is 0 Å². The second-order valence-electron chi connectivity index (χ2n) is 24.4. The molecule has 470 valence electrons. The predicted molar refractivity (Wildman–Crippen MR) is 305 cm³/mol. The van der Waals surface area contributed by atoms with Crippen LogP contribution in [0.2, 0.25) is 0 Å². The van der Waals surface area contributed by atoms with Crippen molar-refractivity contribution in [3.8, 4) is 23.0 Å². The van der Waals surface area contributed by atoms with Gasteiger partial charge in [0.15, 0.2) is 23.0 Å². The number of amides is 4. The number of aliphatic hydroxyl groups is 1. The number of carbonyl (C=O) groups excluding carboxylic acids is 4. The van der Waals surface area contributed by atoms with Crippen LogP contribution < -0.4 is 21.3 Å². The fraction of sp³-hybridized carbons (Fsp3) is 0.655. The number of carboxylic acid groups (broad SMARTS) is 4. The zero-order valence-corrected chi connectivity index (χ0v) is 49.8. The fourth-order valence-corrected chi connectivity index (χ4v) is 11.5. The number of rotatable bonds is 39. The number of nitrogens with zero attached hydrogens (tertiary/aromatic N) is 3. The summed E-state index contributed by atoms with van der Waals surface area (Å²) < 4.78 is 10.9. The van der Waals surface area contributed by atoms with Crippen LogP contribution >= 0.6 is 0 Å². The van der Waals surface area contributed by atoms with Crippen LogP contribution in [0.1, 0.15) is 106 Å². The van der Waals surface area contributed by atoms with Crippen LogP contribution in [0.25, 0.3) is 10.4 Å². The molecular weight excluding hydrogens is 1100 g/mol. The second kappa shape index (κ2) is 33.2. The largest absolute Gasteiger partial charge is 0.504 e. The summed E-state index contributed by atoms with van der Waals surface area (Å²) in [5.74, 6) is -23.9. The highest BCUT2D eigenvalue weighted by Crippen LogP contribution is 2.51. The van der Waals surface area contributed by atoms with Gasteiger partial charge < -0.3 is 76.7 Å². The van der Waals surface area contributed by atoms with Crippen LogP contribution in [0.3, 0.4) is 0 Å². The molecule has 8 unspecified atom stereocenters. The van der Waals surface area contributed by atoms with Gasteiger partial charge >= 0.3 is 23.9 Å². The number of aromatic hydroxyl groups is 4. The average molecular weight is 1190 g/mol. The molecule has 2 aromatic rings. The van der Waals surface area contributed by atoms with Gasteiger partial charge in [-0.3, -0.25) is 38.4 Å². The van der Waals surface area contributed by atoms with Crippen molar-refractivity contribution in [2.45, 2.75) is 108 Å². The van der Waals surface area contributed by atoms with Gasteiger partial charge in [0.2, 0.25) is 23.6 Å². The molecule has 2 rings (SSSR count). The molecule has 4 amide bonds. The van der Waals surface area contributed by atoms with E-state index in [4.69, 9.17) is 15.0 Å². The van der Waals surface area contributed by atoms with Gasteiger partial charge in [-0.25, -0.2) is 0 Å². The zero-order chi connectivity index (χ0) is 63.9. The van der Waals surface area contributed by atoms with Crippen molar-refractivity contribution < 1.29 is 93.8 Å². The minimum absolute atomic E-state index is 0.0227. The molecule has 0 aliphatic heterocycles. The molecule has 0 saturated carbocycles. The average Bonchev–Trinajstić information content (AvgIpc) is 2.47. The van der Waals surface area contributed by atoms with E-state index >= 15 is 4.79 Å². The first-order valence-electron chi connectivity index (χ1n) is 27.9. The number of aliphatic hydroxyl groups excluding tert-OH is 1. The molecule has 0 spiro atoms. The van der Waals surface area contributed by atoms with Gasteiger partial charge in [-0.1, -0.05) is 86.5 Å². The Morgan fingerprint density at radius 1 is 0.512 bits per heavy atom. The number of azide groups is 1. The summed E-state index contributed by atoms with van der Waals surface area (Å²) >= 11 is 0. The minimum Gasteiger partial charge on any atom is -0.504 e. The van der Waals surface area contributed by atoms with Crippen LogP contribution in [0.4, 0.5) is 0 Å². The van der Waals surface area contributed by atoms with Crippen molar-refractivity contribution in [1.82, 2.24) is 21.3 Å². The molecule has 26 heteroatoms. The minimum atomic E-state index is -1.84. The molecule has 8 atom stereocenters. The third-order valence-electron chi connectivity index (χ3n) is 15.3. The van der Waals surface area contributed by atoms with E-state index in [1.54, 1.807) is 20.8 Å². The maximum atomic E-state index is 15.0. The number of phenolic OH excluding ortho intramolecular Hbond substituents is 4. The molecule has 0 bridgehead atoms. The van der Waals surface area contributed by atoms with Gasteiger partial charge in [0.1, 0.15) is 0 Å². The van der Waals surface area contributed by atoms with Crippen LogP contribution in [-0.4, -0.2) is 159 Å². The summed E-state index contributed by atoms with van der Waals surface area (Å²) in [6, 6.07) is 8.05. The lowest BCUT2D eigenvalue weighted by molar-refractivity contribution is -0.162. The molecular formula is C58H89N7O19. The highest BCUT2D eigenvalue weighted by atomic mass is 16.5. The molecule has 2 aromatic carbocycles. The number of ether oxygens (including phenoxy) is 2. The normalized spacial score (nSPS) is 14.9. The quantitative estimate of drug-likeness (QED) is 0.0137.